The first-order valence-corrected chi connectivity index (χ1v) is 11.8. The number of rotatable bonds is 4. The zero-order valence-electron chi connectivity index (χ0n) is 20.7. The van der Waals surface area contributed by atoms with Crippen molar-refractivity contribution in [3.8, 4) is 5.69 Å². The van der Waals surface area contributed by atoms with Gasteiger partial charge < -0.3 is 14.4 Å². The van der Waals surface area contributed by atoms with Crippen LogP contribution in [-0.4, -0.2) is 89.2 Å². The Morgan fingerprint density at radius 3 is 2.35 bits per heavy atom. The number of amides is 1. The Balaban J connectivity index is 1.44. The van der Waals surface area contributed by atoms with E-state index in [1.165, 1.54) is 12.0 Å². The van der Waals surface area contributed by atoms with Crippen LogP contribution in [0.4, 0.5) is 10.6 Å². The molecule has 0 bridgehead atoms. The molecule has 0 saturated carbocycles. The van der Waals surface area contributed by atoms with Crippen molar-refractivity contribution in [3.05, 3.63) is 42.1 Å². The van der Waals surface area contributed by atoms with Gasteiger partial charge in [0.05, 0.1) is 18.5 Å². The van der Waals surface area contributed by atoms with E-state index in [1.54, 1.807) is 0 Å². The lowest BCUT2D eigenvalue weighted by Gasteiger charge is -2.38. The molecule has 0 N–H and O–H groups in total. The Kier molecular flexibility index (Phi) is 6.84. The van der Waals surface area contributed by atoms with Gasteiger partial charge in [0, 0.05) is 44.8 Å². The number of anilines is 1. The highest BCUT2D eigenvalue weighted by Gasteiger charge is 2.44. The van der Waals surface area contributed by atoms with E-state index in [0.29, 0.717) is 13.0 Å². The Hall–Kier alpha value is -3.07. The highest BCUT2D eigenvalue weighted by atomic mass is 16.6. The summed E-state index contributed by atoms with van der Waals surface area (Å²) in [7, 11) is 1.36. The number of piperazine rings is 1. The van der Waals surface area contributed by atoms with Gasteiger partial charge in [0.25, 0.3) is 0 Å². The largest absolute Gasteiger partial charge is 0.467 e. The van der Waals surface area contributed by atoms with Crippen LogP contribution in [0.2, 0.25) is 0 Å². The predicted octanol–water partition coefficient (Wildman–Crippen LogP) is 2.85. The van der Waals surface area contributed by atoms with E-state index in [2.05, 4.69) is 28.0 Å². The maximum atomic E-state index is 12.8. The molecule has 1 amide bonds. The van der Waals surface area contributed by atoms with Gasteiger partial charge in [-0.15, -0.1) is 0 Å². The number of aryl methyl sites for hydroxylation is 1. The highest BCUT2D eigenvalue weighted by molar-refractivity contribution is 5.82. The first-order chi connectivity index (χ1) is 16.2. The maximum Gasteiger partial charge on any atom is 0.411 e. The molecule has 0 spiro atoms. The second-order valence-electron chi connectivity index (χ2n) is 9.98. The molecule has 0 aliphatic carbocycles. The number of hydrogen-bond donors (Lipinski definition) is 0. The average Bonchev–Trinajstić information content (AvgIpc) is 3.42. The number of benzene rings is 1. The first-order valence-electron chi connectivity index (χ1n) is 11.8. The van der Waals surface area contributed by atoms with Gasteiger partial charge in [-0.3, -0.25) is 9.80 Å². The number of esters is 1. The molecule has 2 aromatic rings. The second kappa shape index (κ2) is 9.66. The van der Waals surface area contributed by atoms with Crippen LogP contribution in [0, 0.1) is 6.92 Å². The first kappa shape index (κ1) is 24.1. The van der Waals surface area contributed by atoms with Crippen molar-refractivity contribution in [2.24, 2.45) is 0 Å². The Morgan fingerprint density at radius 1 is 1.06 bits per heavy atom. The van der Waals surface area contributed by atoms with Crippen LogP contribution >= 0.6 is 0 Å². The molecule has 3 heterocycles. The third kappa shape index (κ3) is 5.19. The van der Waals surface area contributed by atoms with Gasteiger partial charge in [0.1, 0.15) is 17.5 Å². The SMILES string of the molecule is COC(=O)[C@H]1C[C@@H](N2CCN(c3cc(C)nn3-c3ccccc3)CC2)CN1C(=O)OC(C)(C)C. The van der Waals surface area contributed by atoms with Crippen LogP contribution in [0.3, 0.4) is 0 Å². The van der Waals surface area contributed by atoms with E-state index in [1.807, 2.05) is 50.6 Å². The van der Waals surface area contributed by atoms with Gasteiger partial charge >= 0.3 is 12.1 Å². The van der Waals surface area contributed by atoms with Crippen molar-refractivity contribution in [2.75, 3.05) is 44.7 Å². The Labute approximate surface area is 201 Å². The number of likely N-dealkylation sites (tertiary alicyclic amines) is 1. The van der Waals surface area contributed by atoms with Crippen molar-refractivity contribution in [1.29, 1.82) is 0 Å². The molecule has 1 aromatic carbocycles. The summed E-state index contributed by atoms with van der Waals surface area (Å²) in [6, 6.07) is 11.7. The molecule has 2 atom stereocenters. The van der Waals surface area contributed by atoms with E-state index in [0.717, 1.165) is 43.4 Å². The van der Waals surface area contributed by atoms with Crippen molar-refractivity contribution >= 4 is 17.9 Å². The van der Waals surface area contributed by atoms with Crippen LogP contribution in [0.25, 0.3) is 5.69 Å². The minimum absolute atomic E-state index is 0.0829. The standard InChI is InChI=1S/C25H35N5O4/c1-18-15-22(30(26-18)19-9-7-6-8-10-19)28-13-11-27(12-14-28)20-16-21(23(31)33-5)29(17-20)24(32)34-25(2,3)4/h6-10,15,20-21H,11-14,16-17H2,1-5H3/t20-,21-/m1/s1. The summed E-state index contributed by atoms with van der Waals surface area (Å²) in [5.74, 6) is 0.687. The van der Waals surface area contributed by atoms with E-state index in [9.17, 15) is 9.59 Å². The summed E-state index contributed by atoms with van der Waals surface area (Å²) in [6.45, 7) is 11.3. The third-order valence-corrected chi connectivity index (χ3v) is 6.35. The van der Waals surface area contributed by atoms with Gasteiger partial charge in [0.2, 0.25) is 0 Å². The number of para-hydroxylation sites is 1. The molecule has 2 saturated heterocycles. The van der Waals surface area contributed by atoms with Crippen LogP contribution < -0.4 is 4.90 Å². The summed E-state index contributed by atoms with van der Waals surface area (Å²) in [5.41, 5.74) is 1.39. The average molecular weight is 470 g/mol. The van der Waals surface area contributed by atoms with Gasteiger partial charge in [-0.2, -0.15) is 5.10 Å². The fourth-order valence-corrected chi connectivity index (χ4v) is 4.75. The zero-order chi connectivity index (χ0) is 24.5. The number of hydrogen-bond acceptors (Lipinski definition) is 7. The van der Waals surface area contributed by atoms with Crippen molar-refractivity contribution in [2.45, 2.75) is 51.8 Å². The molecule has 34 heavy (non-hydrogen) atoms. The van der Waals surface area contributed by atoms with E-state index in [4.69, 9.17) is 14.6 Å². The summed E-state index contributed by atoms with van der Waals surface area (Å²) >= 11 is 0. The van der Waals surface area contributed by atoms with Crippen molar-refractivity contribution in [1.82, 2.24) is 19.6 Å². The van der Waals surface area contributed by atoms with Gasteiger partial charge in [-0.1, -0.05) is 18.2 Å². The van der Waals surface area contributed by atoms with Crippen LogP contribution in [0.5, 0.6) is 0 Å². The van der Waals surface area contributed by atoms with Crippen molar-refractivity contribution < 1.29 is 19.1 Å². The lowest BCUT2D eigenvalue weighted by molar-refractivity contribution is -0.145. The minimum Gasteiger partial charge on any atom is -0.467 e. The molecule has 9 nitrogen and oxygen atoms in total. The molecule has 0 unspecified atom stereocenters. The summed E-state index contributed by atoms with van der Waals surface area (Å²) in [5, 5.41) is 4.70. The quantitative estimate of drug-likeness (QED) is 0.637. The lowest BCUT2D eigenvalue weighted by Crippen LogP contribution is -2.51. The molecule has 4 rings (SSSR count). The lowest BCUT2D eigenvalue weighted by atomic mass is 10.1. The normalized spacial score (nSPS) is 21.6. The molecule has 2 aliphatic rings. The molecule has 2 fully saturated rings. The van der Waals surface area contributed by atoms with Gasteiger partial charge in [-0.25, -0.2) is 14.3 Å². The summed E-state index contributed by atoms with van der Waals surface area (Å²) in [4.78, 5) is 31.5. The van der Waals surface area contributed by atoms with Gasteiger partial charge in [-0.05, 0) is 46.2 Å². The van der Waals surface area contributed by atoms with Crippen LogP contribution in [0.1, 0.15) is 32.9 Å². The zero-order valence-corrected chi connectivity index (χ0v) is 20.7. The summed E-state index contributed by atoms with van der Waals surface area (Å²) < 4.78 is 12.5. The molecule has 2 aliphatic heterocycles. The smallest absolute Gasteiger partial charge is 0.411 e. The summed E-state index contributed by atoms with van der Waals surface area (Å²) in [6.07, 6.45) is 0.0822. The predicted molar refractivity (Wildman–Crippen MR) is 129 cm³/mol. The number of carbonyl (C=O) groups excluding carboxylic acids is 2. The molecular weight excluding hydrogens is 434 g/mol. The number of ether oxygens (including phenoxy) is 2. The van der Waals surface area contributed by atoms with Crippen molar-refractivity contribution in [3.63, 3.8) is 0 Å². The van der Waals surface area contributed by atoms with Gasteiger partial charge in [0.15, 0.2) is 0 Å². The number of methoxy groups -OCH3 is 1. The van der Waals surface area contributed by atoms with E-state index < -0.39 is 23.7 Å². The third-order valence-electron chi connectivity index (χ3n) is 6.35. The number of carbonyl (C=O) groups is 2. The van der Waals surface area contributed by atoms with E-state index >= 15 is 0 Å². The molecule has 9 heteroatoms. The van der Waals surface area contributed by atoms with E-state index in [-0.39, 0.29) is 6.04 Å². The molecule has 0 radical (unpaired) electrons. The Morgan fingerprint density at radius 2 is 1.74 bits per heavy atom. The monoisotopic (exact) mass is 469 g/mol. The maximum absolute atomic E-state index is 12.8. The molecular formula is C25H35N5O4. The molecule has 1 aromatic heterocycles. The number of aromatic nitrogens is 2. The fourth-order valence-electron chi connectivity index (χ4n) is 4.75. The Bertz CT molecular complexity index is 1010. The fraction of sp³-hybridized carbons (Fsp3) is 0.560. The highest BCUT2D eigenvalue weighted by Crippen LogP contribution is 2.28. The van der Waals surface area contributed by atoms with Crippen LogP contribution in [-0.2, 0) is 14.3 Å². The minimum atomic E-state index is -0.624. The second-order valence-corrected chi connectivity index (χ2v) is 9.98. The molecule has 184 valence electrons. The topological polar surface area (TPSA) is 80.1 Å². The number of nitrogens with zero attached hydrogens (tertiary/aromatic N) is 5. The van der Waals surface area contributed by atoms with Crippen LogP contribution in [0.15, 0.2) is 36.4 Å².